The van der Waals surface area contributed by atoms with Crippen LogP contribution >= 0.6 is 15.9 Å². The van der Waals surface area contributed by atoms with Crippen molar-refractivity contribution in [1.82, 2.24) is 0 Å². The highest BCUT2D eigenvalue weighted by atomic mass is 79.9. The van der Waals surface area contributed by atoms with Gasteiger partial charge in [0.25, 0.3) is 0 Å². The van der Waals surface area contributed by atoms with E-state index in [1.165, 1.54) is 12.1 Å². The molecule has 0 saturated heterocycles. The van der Waals surface area contributed by atoms with Gasteiger partial charge in [0.2, 0.25) is 0 Å². The number of nitrogens with one attached hydrogen (secondary N) is 1. The van der Waals surface area contributed by atoms with Crippen molar-refractivity contribution in [3.63, 3.8) is 0 Å². The molecule has 0 amide bonds. The predicted octanol–water partition coefficient (Wildman–Crippen LogP) is 4.20. The molecule has 3 nitrogen and oxygen atoms in total. The number of anilines is 1. The Morgan fingerprint density at radius 3 is 2.48 bits per heavy atom. The lowest BCUT2D eigenvalue weighted by molar-refractivity contribution is -0.0498. The molecule has 0 bridgehead atoms. The van der Waals surface area contributed by atoms with Crippen LogP contribution in [-0.4, -0.2) is 18.3 Å². The van der Waals surface area contributed by atoms with Crippen molar-refractivity contribution in [2.75, 3.05) is 11.9 Å². The maximum atomic E-state index is 12.0. The monoisotopic (exact) mass is 357 g/mol. The van der Waals surface area contributed by atoms with E-state index in [2.05, 4.69) is 26.0 Å². The van der Waals surface area contributed by atoms with E-state index in [4.69, 9.17) is 0 Å². The summed E-state index contributed by atoms with van der Waals surface area (Å²) in [5, 5.41) is 13.1. The van der Waals surface area contributed by atoms with Crippen LogP contribution in [0.4, 0.5) is 14.5 Å². The van der Waals surface area contributed by atoms with Gasteiger partial charge in [0.05, 0.1) is 6.10 Å². The number of aliphatic hydroxyl groups excluding tert-OH is 1. The van der Waals surface area contributed by atoms with E-state index in [-0.39, 0.29) is 5.75 Å². The second-order valence-electron chi connectivity index (χ2n) is 4.35. The molecule has 112 valence electrons. The molecule has 0 fully saturated rings. The summed E-state index contributed by atoms with van der Waals surface area (Å²) >= 11 is 3.35. The number of benzene rings is 2. The normalized spacial score (nSPS) is 12.2. The molecule has 21 heavy (non-hydrogen) atoms. The van der Waals surface area contributed by atoms with Gasteiger partial charge in [0.1, 0.15) is 5.75 Å². The number of hydrogen-bond donors (Lipinski definition) is 2. The zero-order valence-electron chi connectivity index (χ0n) is 11.0. The molecule has 6 heteroatoms. The molecule has 1 unspecified atom stereocenters. The zero-order chi connectivity index (χ0) is 15.2. The second kappa shape index (κ2) is 7.38. The number of rotatable bonds is 6. The molecule has 1 atom stereocenters. The summed E-state index contributed by atoms with van der Waals surface area (Å²) in [6, 6.07) is 13.5. The number of aliphatic hydroxyl groups is 1. The average Bonchev–Trinajstić information content (AvgIpc) is 2.45. The van der Waals surface area contributed by atoms with Crippen LogP contribution in [0.1, 0.15) is 11.7 Å². The molecule has 2 N–H and O–H groups in total. The van der Waals surface area contributed by atoms with Crippen molar-refractivity contribution in [1.29, 1.82) is 0 Å². The van der Waals surface area contributed by atoms with Gasteiger partial charge in [-0.2, -0.15) is 8.78 Å². The van der Waals surface area contributed by atoms with E-state index in [9.17, 15) is 13.9 Å². The molecule has 2 aromatic carbocycles. The lowest BCUT2D eigenvalue weighted by Gasteiger charge is -2.14. The Kier molecular flexibility index (Phi) is 5.52. The minimum atomic E-state index is -2.83. The van der Waals surface area contributed by atoms with Gasteiger partial charge >= 0.3 is 6.61 Å². The Hall–Kier alpha value is -1.66. The SMILES string of the molecule is OC(CNc1ccc(OC(F)F)cc1)c1cccc(Br)c1. The van der Waals surface area contributed by atoms with Crippen molar-refractivity contribution in [2.24, 2.45) is 0 Å². The molecule has 0 aliphatic carbocycles. The third-order valence-corrected chi connectivity index (χ3v) is 3.31. The number of alkyl halides is 2. The molecule has 2 rings (SSSR count). The summed E-state index contributed by atoms with van der Waals surface area (Å²) in [5.41, 5.74) is 1.50. The van der Waals surface area contributed by atoms with E-state index >= 15 is 0 Å². The van der Waals surface area contributed by atoms with Crippen LogP contribution in [0.2, 0.25) is 0 Å². The van der Waals surface area contributed by atoms with E-state index in [1.807, 2.05) is 24.3 Å². The highest BCUT2D eigenvalue weighted by Gasteiger charge is 2.08. The molecule has 0 heterocycles. The molecule has 0 aliphatic rings. The third kappa shape index (κ3) is 4.99. The van der Waals surface area contributed by atoms with Crippen molar-refractivity contribution >= 4 is 21.6 Å². The summed E-state index contributed by atoms with van der Waals surface area (Å²) in [5.74, 6) is 0.100. The van der Waals surface area contributed by atoms with Crippen molar-refractivity contribution in [2.45, 2.75) is 12.7 Å². The maximum absolute atomic E-state index is 12.0. The minimum Gasteiger partial charge on any atom is -0.435 e. The van der Waals surface area contributed by atoms with Gasteiger partial charge < -0.3 is 15.2 Å². The highest BCUT2D eigenvalue weighted by molar-refractivity contribution is 9.10. The van der Waals surface area contributed by atoms with Crippen molar-refractivity contribution in [3.05, 3.63) is 58.6 Å². The summed E-state index contributed by atoms with van der Waals surface area (Å²) < 4.78 is 29.2. The quantitative estimate of drug-likeness (QED) is 0.814. The first-order chi connectivity index (χ1) is 10.0. The van der Waals surface area contributed by atoms with Gasteiger partial charge in [-0.25, -0.2) is 0 Å². The summed E-state index contributed by atoms with van der Waals surface area (Å²) in [4.78, 5) is 0. The van der Waals surface area contributed by atoms with Crippen LogP contribution < -0.4 is 10.1 Å². The zero-order valence-corrected chi connectivity index (χ0v) is 12.6. The number of ether oxygens (including phenoxy) is 1. The van der Waals surface area contributed by atoms with Crippen LogP contribution in [0.15, 0.2) is 53.0 Å². The topological polar surface area (TPSA) is 41.5 Å². The van der Waals surface area contributed by atoms with E-state index in [0.29, 0.717) is 12.2 Å². The van der Waals surface area contributed by atoms with Gasteiger partial charge in [-0.3, -0.25) is 0 Å². The molecule has 0 spiro atoms. The van der Waals surface area contributed by atoms with Crippen molar-refractivity contribution in [3.8, 4) is 5.75 Å². The number of hydrogen-bond acceptors (Lipinski definition) is 3. The predicted molar refractivity (Wildman–Crippen MR) is 80.7 cm³/mol. The van der Waals surface area contributed by atoms with Gasteiger partial charge in [0.15, 0.2) is 0 Å². The van der Waals surface area contributed by atoms with Crippen LogP contribution in [0, 0.1) is 0 Å². The first kappa shape index (κ1) is 15.7. The lowest BCUT2D eigenvalue weighted by Crippen LogP contribution is -2.12. The molecule has 2 aromatic rings. The standard InChI is InChI=1S/C15H14BrF2NO2/c16-11-3-1-2-10(8-11)14(20)9-19-12-4-6-13(7-5-12)21-15(17)18/h1-8,14-15,19-20H,9H2. The van der Waals surface area contributed by atoms with Crippen LogP contribution in [-0.2, 0) is 0 Å². The molecule has 0 aromatic heterocycles. The van der Waals surface area contributed by atoms with Crippen molar-refractivity contribution < 1.29 is 18.6 Å². The summed E-state index contributed by atoms with van der Waals surface area (Å²) in [6.45, 7) is -2.52. The molecule has 0 radical (unpaired) electrons. The lowest BCUT2D eigenvalue weighted by atomic mass is 10.1. The molecular formula is C15H14BrF2NO2. The fourth-order valence-electron chi connectivity index (χ4n) is 1.80. The van der Waals surface area contributed by atoms with Gasteiger partial charge in [-0.05, 0) is 42.0 Å². The van der Waals surface area contributed by atoms with E-state index in [1.54, 1.807) is 12.1 Å². The average molecular weight is 358 g/mol. The molecule has 0 aliphatic heterocycles. The largest absolute Gasteiger partial charge is 0.435 e. The smallest absolute Gasteiger partial charge is 0.387 e. The Labute approximate surface area is 129 Å². The van der Waals surface area contributed by atoms with Crippen LogP contribution in [0.25, 0.3) is 0 Å². The Morgan fingerprint density at radius 2 is 1.86 bits per heavy atom. The third-order valence-electron chi connectivity index (χ3n) is 2.81. The fourth-order valence-corrected chi connectivity index (χ4v) is 2.22. The molecule has 0 saturated carbocycles. The Bertz CT molecular complexity index is 578. The summed E-state index contributed by atoms with van der Waals surface area (Å²) in [6.07, 6.45) is -0.667. The van der Waals surface area contributed by atoms with Crippen LogP contribution in [0.3, 0.4) is 0 Å². The Balaban J connectivity index is 1.90. The second-order valence-corrected chi connectivity index (χ2v) is 5.27. The first-order valence-electron chi connectivity index (χ1n) is 6.27. The number of halogens is 3. The van der Waals surface area contributed by atoms with E-state index in [0.717, 1.165) is 10.0 Å². The summed E-state index contributed by atoms with van der Waals surface area (Å²) in [7, 11) is 0. The molecular weight excluding hydrogens is 344 g/mol. The van der Waals surface area contributed by atoms with Gasteiger partial charge in [-0.1, -0.05) is 28.1 Å². The van der Waals surface area contributed by atoms with E-state index < -0.39 is 12.7 Å². The van der Waals surface area contributed by atoms with Gasteiger partial charge in [0, 0.05) is 16.7 Å². The highest BCUT2D eigenvalue weighted by Crippen LogP contribution is 2.21. The first-order valence-corrected chi connectivity index (χ1v) is 7.06. The van der Waals surface area contributed by atoms with Crippen LogP contribution in [0.5, 0.6) is 5.75 Å². The fraction of sp³-hybridized carbons (Fsp3) is 0.200. The maximum Gasteiger partial charge on any atom is 0.387 e. The van der Waals surface area contributed by atoms with Gasteiger partial charge in [-0.15, -0.1) is 0 Å². The Morgan fingerprint density at radius 1 is 1.14 bits per heavy atom. The minimum absolute atomic E-state index is 0.100.